The van der Waals surface area contributed by atoms with E-state index in [1.54, 1.807) is 0 Å². The third-order valence-corrected chi connectivity index (χ3v) is 4.50. The smallest absolute Gasteiger partial charge is 0.221 e. The van der Waals surface area contributed by atoms with Crippen molar-refractivity contribution >= 4 is 76.9 Å². The normalized spacial score (nSPS) is 10.1. The van der Waals surface area contributed by atoms with Gasteiger partial charge in [-0.25, -0.2) is 0 Å². The van der Waals surface area contributed by atoms with Crippen molar-refractivity contribution in [3.05, 3.63) is 19.0 Å². The molecule has 0 atom stereocenters. The third-order valence-electron chi connectivity index (χ3n) is 2.12. The van der Waals surface area contributed by atoms with Crippen molar-refractivity contribution in [1.29, 1.82) is 0 Å². The molecule has 0 aromatic heterocycles. The first-order valence-corrected chi connectivity index (χ1v) is 7.51. The molecule has 108 valence electrons. The lowest BCUT2D eigenvalue weighted by Crippen LogP contribution is -2.25. The van der Waals surface area contributed by atoms with Crippen LogP contribution in [0.3, 0.4) is 0 Å². The molecule has 0 spiro atoms. The molecule has 6 nitrogen and oxygen atoms in total. The van der Waals surface area contributed by atoms with Crippen LogP contribution in [-0.2, 0) is 9.59 Å². The highest BCUT2D eigenvalue weighted by Gasteiger charge is 2.22. The number of halogens is 3. The van der Waals surface area contributed by atoms with Gasteiger partial charge in [0.1, 0.15) is 0 Å². The Kier molecular flexibility index (Phi) is 5.72. The summed E-state index contributed by atoms with van der Waals surface area (Å²) >= 11 is 9.43. The molecule has 0 aliphatic rings. The fraction of sp³-hybridized carbons (Fsp3) is 0.182. The lowest BCUT2D eigenvalue weighted by atomic mass is 10.1. The highest BCUT2D eigenvalue weighted by Crippen LogP contribution is 2.45. The fourth-order valence-electron chi connectivity index (χ4n) is 1.41. The van der Waals surface area contributed by atoms with Crippen molar-refractivity contribution in [1.82, 2.24) is 0 Å². The van der Waals surface area contributed by atoms with Gasteiger partial charge in [-0.3, -0.25) is 9.59 Å². The average Bonchev–Trinajstić information content (AvgIpc) is 2.29. The molecule has 9 heteroatoms. The lowest BCUT2D eigenvalue weighted by molar-refractivity contribution is -0.255. The molecule has 0 saturated heterocycles. The van der Waals surface area contributed by atoms with Crippen LogP contribution in [0.2, 0.25) is 0 Å². The topological polar surface area (TPSA) is 98.3 Å². The average molecular weight is 472 g/mol. The first kappa shape index (κ1) is 17.1. The Bertz CT molecular complexity index is 573. The molecule has 0 heterocycles. The number of hydrogen-bond donors (Lipinski definition) is 2. The van der Waals surface area contributed by atoms with Gasteiger partial charge in [-0.05, 0) is 47.8 Å². The second-order valence-corrected chi connectivity index (χ2v) is 6.10. The van der Waals surface area contributed by atoms with Crippen LogP contribution in [-0.4, -0.2) is 17.8 Å². The summed E-state index contributed by atoms with van der Waals surface area (Å²) in [6, 6.07) is 0. The summed E-state index contributed by atoms with van der Waals surface area (Å²) in [7, 11) is 0. The Morgan fingerprint density at radius 3 is 1.45 bits per heavy atom. The van der Waals surface area contributed by atoms with E-state index in [1.165, 1.54) is 13.8 Å². The van der Waals surface area contributed by atoms with E-state index < -0.39 is 17.8 Å². The first-order valence-electron chi connectivity index (χ1n) is 5.13. The number of carbonyl (C=O) groups excluding carboxylic acids is 3. The van der Waals surface area contributed by atoms with Gasteiger partial charge in [0.2, 0.25) is 11.8 Å². The van der Waals surface area contributed by atoms with Gasteiger partial charge in [-0.1, -0.05) is 0 Å². The van der Waals surface area contributed by atoms with Crippen LogP contribution in [0, 0.1) is 0 Å². The summed E-state index contributed by atoms with van der Waals surface area (Å²) in [6.45, 7) is 2.55. The number of carbonyl (C=O) groups is 3. The molecule has 1 aromatic rings. The Labute approximate surface area is 139 Å². The highest BCUT2D eigenvalue weighted by atomic mass is 79.9. The Hall–Kier alpha value is -0.930. The molecule has 0 unspecified atom stereocenters. The zero-order valence-corrected chi connectivity index (χ0v) is 15.0. The summed E-state index contributed by atoms with van der Waals surface area (Å²) in [5.74, 6) is -2.26. The first-order chi connectivity index (χ1) is 9.16. The van der Waals surface area contributed by atoms with Crippen molar-refractivity contribution < 1.29 is 19.5 Å². The van der Waals surface area contributed by atoms with Crippen molar-refractivity contribution in [2.45, 2.75) is 13.8 Å². The summed E-state index contributed by atoms with van der Waals surface area (Å²) in [5.41, 5.74) is 0.146. The minimum Gasteiger partial charge on any atom is -0.545 e. The summed E-state index contributed by atoms with van der Waals surface area (Å²) in [6.07, 6.45) is 0. The van der Waals surface area contributed by atoms with E-state index in [1.807, 2.05) is 0 Å². The molecule has 20 heavy (non-hydrogen) atoms. The number of nitrogens with one attached hydrogen (secondary N) is 2. The van der Waals surface area contributed by atoms with Gasteiger partial charge in [-0.15, -0.1) is 0 Å². The van der Waals surface area contributed by atoms with Crippen LogP contribution in [0.1, 0.15) is 24.2 Å². The van der Waals surface area contributed by atoms with E-state index in [0.29, 0.717) is 4.47 Å². The van der Waals surface area contributed by atoms with Gasteiger partial charge in [0.15, 0.2) is 0 Å². The maximum absolute atomic E-state index is 11.2. The number of carboxylic acid groups (broad SMARTS) is 1. The molecule has 1 rings (SSSR count). The zero-order valence-electron chi connectivity index (χ0n) is 10.3. The number of carboxylic acids is 1. The largest absolute Gasteiger partial charge is 0.545 e. The molecule has 0 aliphatic carbocycles. The monoisotopic (exact) mass is 469 g/mol. The maximum Gasteiger partial charge on any atom is 0.221 e. The van der Waals surface area contributed by atoms with Crippen LogP contribution >= 0.6 is 47.8 Å². The van der Waals surface area contributed by atoms with Crippen LogP contribution < -0.4 is 15.7 Å². The zero-order chi connectivity index (χ0) is 15.6. The van der Waals surface area contributed by atoms with Crippen molar-refractivity contribution in [3.63, 3.8) is 0 Å². The number of aromatic carboxylic acids is 1. The van der Waals surface area contributed by atoms with Gasteiger partial charge in [0, 0.05) is 19.4 Å². The maximum atomic E-state index is 11.2. The predicted octanol–water partition coefficient (Wildman–Crippen LogP) is 2.25. The van der Waals surface area contributed by atoms with E-state index in [2.05, 4.69) is 58.4 Å². The number of hydrogen-bond acceptors (Lipinski definition) is 4. The second-order valence-electron chi connectivity index (χ2n) is 3.72. The summed E-state index contributed by atoms with van der Waals surface area (Å²) < 4.78 is 0.577. The van der Waals surface area contributed by atoms with Gasteiger partial charge in [0.25, 0.3) is 0 Å². The predicted molar refractivity (Wildman–Crippen MR) is 82.5 cm³/mol. The minimum atomic E-state index is -1.46. The molecular weight excluding hydrogens is 464 g/mol. The van der Waals surface area contributed by atoms with Gasteiger partial charge < -0.3 is 20.5 Å². The van der Waals surface area contributed by atoms with Crippen LogP contribution in [0.4, 0.5) is 11.4 Å². The van der Waals surface area contributed by atoms with E-state index in [0.717, 1.165) is 0 Å². The number of rotatable bonds is 3. The molecule has 0 saturated carbocycles. The molecule has 2 N–H and O–H groups in total. The Balaban J connectivity index is 3.68. The second kappa shape index (κ2) is 6.68. The van der Waals surface area contributed by atoms with Crippen molar-refractivity contribution in [3.8, 4) is 0 Å². The van der Waals surface area contributed by atoms with E-state index >= 15 is 0 Å². The van der Waals surface area contributed by atoms with Crippen molar-refractivity contribution in [2.24, 2.45) is 0 Å². The highest BCUT2D eigenvalue weighted by molar-refractivity contribution is 9.12. The van der Waals surface area contributed by atoms with Crippen molar-refractivity contribution in [2.75, 3.05) is 10.6 Å². The fourth-order valence-corrected chi connectivity index (χ4v) is 4.12. The molecule has 2 amide bonds. The minimum absolute atomic E-state index is 0.126. The Morgan fingerprint density at radius 2 is 1.20 bits per heavy atom. The van der Waals surface area contributed by atoms with Crippen LogP contribution in [0.25, 0.3) is 0 Å². The van der Waals surface area contributed by atoms with E-state index in [4.69, 9.17) is 0 Å². The molecule has 0 radical (unpaired) electrons. The lowest BCUT2D eigenvalue weighted by Gasteiger charge is -2.19. The van der Waals surface area contributed by atoms with Gasteiger partial charge >= 0.3 is 0 Å². The SMILES string of the molecule is CC(=O)Nc1c(Br)c(NC(C)=O)c(Br)c(C(=O)[O-])c1Br. The van der Waals surface area contributed by atoms with Gasteiger partial charge in [0.05, 0.1) is 30.8 Å². The number of anilines is 2. The third kappa shape index (κ3) is 3.58. The van der Waals surface area contributed by atoms with Gasteiger partial charge in [-0.2, -0.15) is 0 Å². The van der Waals surface area contributed by atoms with E-state index in [-0.39, 0.29) is 25.9 Å². The number of amides is 2. The summed E-state index contributed by atoms with van der Waals surface area (Å²) in [5, 5.41) is 16.2. The Morgan fingerprint density at radius 1 is 0.850 bits per heavy atom. The molecule has 1 aromatic carbocycles. The molecule has 0 bridgehead atoms. The quantitative estimate of drug-likeness (QED) is 0.706. The summed E-state index contributed by atoms with van der Waals surface area (Å²) in [4.78, 5) is 33.6. The van der Waals surface area contributed by atoms with Crippen LogP contribution in [0.5, 0.6) is 0 Å². The van der Waals surface area contributed by atoms with Crippen LogP contribution in [0.15, 0.2) is 13.4 Å². The number of benzene rings is 1. The standard InChI is InChI=1S/C11H9Br3N2O4/c1-3(17)15-9-6(12)5(11(19)20)7(13)10(8(9)14)16-4(2)18/h1-2H3,(H,15,17)(H,16,18)(H,19,20)/p-1. The molecule has 0 fully saturated rings. The molecule has 0 aliphatic heterocycles. The van der Waals surface area contributed by atoms with E-state index in [9.17, 15) is 19.5 Å². The molecular formula is C11H8Br3N2O4-.